The third-order valence-corrected chi connectivity index (χ3v) is 3.53. The molecule has 0 amide bonds. The van der Waals surface area contributed by atoms with Crippen LogP contribution >= 0.6 is 15.9 Å². The van der Waals surface area contributed by atoms with E-state index >= 15 is 0 Å². The first-order valence-electron chi connectivity index (χ1n) is 5.18. The van der Waals surface area contributed by atoms with Crippen LogP contribution in [-0.4, -0.2) is 14.8 Å². The quantitative estimate of drug-likeness (QED) is 0.916. The summed E-state index contributed by atoms with van der Waals surface area (Å²) >= 11 is 3.36. The van der Waals surface area contributed by atoms with Crippen LogP contribution < -0.4 is 5.56 Å². The molecule has 0 radical (unpaired) electrons. The van der Waals surface area contributed by atoms with Crippen LogP contribution in [0.1, 0.15) is 24.5 Å². The molecule has 1 aliphatic carbocycles. The number of aromatic nitrogens is 3. The van der Waals surface area contributed by atoms with Crippen molar-refractivity contribution in [2.75, 3.05) is 0 Å². The molecule has 0 atom stereocenters. The molecule has 1 saturated carbocycles. The number of pyridine rings is 1. The molecule has 0 aliphatic heterocycles. The Kier molecular flexibility index (Phi) is 2.21. The monoisotopic (exact) mass is 279 g/mol. The first kappa shape index (κ1) is 9.84. The first-order chi connectivity index (χ1) is 7.77. The molecule has 0 aromatic carbocycles. The van der Waals surface area contributed by atoms with Gasteiger partial charge in [0, 0.05) is 18.3 Å². The van der Waals surface area contributed by atoms with Crippen molar-refractivity contribution in [2.24, 2.45) is 0 Å². The Labute approximate surface area is 100 Å². The van der Waals surface area contributed by atoms with Crippen LogP contribution in [-0.2, 0) is 0 Å². The summed E-state index contributed by atoms with van der Waals surface area (Å²) in [5.41, 5.74) is 1.79. The molecule has 3 rings (SSSR count). The molecule has 0 bridgehead atoms. The topological polar surface area (TPSA) is 50.7 Å². The fourth-order valence-corrected chi connectivity index (χ4v) is 2.34. The van der Waals surface area contributed by atoms with E-state index in [9.17, 15) is 4.79 Å². The molecule has 1 aliphatic rings. The summed E-state index contributed by atoms with van der Waals surface area (Å²) in [7, 11) is 0. The normalized spacial score (nSPS) is 15.3. The first-order valence-corrected chi connectivity index (χ1v) is 5.97. The van der Waals surface area contributed by atoms with Gasteiger partial charge in [-0.15, -0.1) is 0 Å². The predicted octanol–water partition coefficient (Wildman–Crippen LogP) is 2.20. The van der Waals surface area contributed by atoms with E-state index in [0.717, 1.165) is 24.2 Å². The van der Waals surface area contributed by atoms with E-state index in [-0.39, 0.29) is 5.56 Å². The fourth-order valence-electron chi connectivity index (χ4n) is 1.75. The number of aromatic amines is 1. The SMILES string of the molecule is O=c1c(Br)c(C2CC2)[nH]n1-c1ccncc1. The summed E-state index contributed by atoms with van der Waals surface area (Å²) in [6.07, 6.45) is 5.67. The molecule has 0 unspecified atom stereocenters. The molecule has 16 heavy (non-hydrogen) atoms. The van der Waals surface area contributed by atoms with Gasteiger partial charge in [-0.25, -0.2) is 4.68 Å². The Morgan fingerprint density at radius 2 is 2.06 bits per heavy atom. The van der Waals surface area contributed by atoms with Gasteiger partial charge < -0.3 is 0 Å². The smallest absolute Gasteiger partial charge is 0.285 e. The highest BCUT2D eigenvalue weighted by molar-refractivity contribution is 9.10. The van der Waals surface area contributed by atoms with Gasteiger partial charge in [-0.05, 0) is 40.9 Å². The minimum Gasteiger partial charge on any atom is -0.294 e. The van der Waals surface area contributed by atoms with Crippen molar-refractivity contribution in [2.45, 2.75) is 18.8 Å². The average Bonchev–Trinajstić information content (AvgIpc) is 3.10. The van der Waals surface area contributed by atoms with Crippen molar-refractivity contribution in [3.8, 4) is 5.69 Å². The molecule has 0 spiro atoms. The van der Waals surface area contributed by atoms with Crippen molar-refractivity contribution in [3.05, 3.63) is 45.0 Å². The highest BCUT2D eigenvalue weighted by atomic mass is 79.9. The summed E-state index contributed by atoms with van der Waals surface area (Å²) in [5, 5.41) is 3.16. The average molecular weight is 280 g/mol. The highest BCUT2D eigenvalue weighted by Crippen LogP contribution is 2.41. The molecular weight excluding hydrogens is 270 g/mol. The third-order valence-electron chi connectivity index (χ3n) is 2.77. The number of rotatable bonds is 2. The van der Waals surface area contributed by atoms with Crippen LogP contribution in [0.2, 0.25) is 0 Å². The minimum absolute atomic E-state index is 0.0342. The highest BCUT2D eigenvalue weighted by Gasteiger charge is 2.29. The van der Waals surface area contributed by atoms with Crippen molar-refractivity contribution >= 4 is 15.9 Å². The summed E-state index contributed by atoms with van der Waals surface area (Å²) < 4.78 is 2.21. The van der Waals surface area contributed by atoms with Crippen molar-refractivity contribution in [1.82, 2.24) is 14.8 Å². The standard InChI is InChI=1S/C11H10BrN3O/c12-9-10(7-1-2-7)14-15(11(9)16)8-3-5-13-6-4-8/h3-7,14H,1-2H2. The molecule has 82 valence electrons. The Morgan fingerprint density at radius 3 is 2.69 bits per heavy atom. The van der Waals surface area contributed by atoms with E-state index in [1.807, 2.05) is 0 Å². The molecule has 2 aromatic rings. The van der Waals surface area contributed by atoms with E-state index in [1.54, 1.807) is 29.2 Å². The second-order valence-electron chi connectivity index (χ2n) is 3.96. The van der Waals surface area contributed by atoms with E-state index in [0.29, 0.717) is 10.4 Å². The van der Waals surface area contributed by atoms with Gasteiger partial charge >= 0.3 is 0 Å². The maximum Gasteiger partial charge on any atom is 0.285 e. The summed E-state index contributed by atoms with van der Waals surface area (Å²) in [4.78, 5) is 15.9. The van der Waals surface area contributed by atoms with Crippen LogP contribution in [0.15, 0.2) is 33.8 Å². The second kappa shape index (κ2) is 3.59. The molecule has 2 aromatic heterocycles. The van der Waals surface area contributed by atoms with E-state index in [2.05, 4.69) is 26.0 Å². The van der Waals surface area contributed by atoms with Gasteiger partial charge in [-0.3, -0.25) is 14.9 Å². The maximum absolute atomic E-state index is 12.0. The van der Waals surface area contributed by atoms with Crippen molar-refractivity contribution in [3.63, 3.8) is 0 Å². The number of halogens is 1. The number of H-pyrrole nitrogens is 1. The zero-order valence-electron chi connectivity index (χ0n) is 8.48. The lowest BCUT2D eigenvalue weighted by Gasteiger charge is -1.99. The minimum atomic E-state index is -0.0342. The zero-order valence-corrected chi connectivity index (χ0v) is 10.1. The number of hydrogen-bond acceptors (Lipinski definition) is 2. The summed E-state index contributed by atoms with van der Waals surface area (Å²) in [6, 6.07) is 3.61. The summed E-state index contributed by atoms with van der Waals surface area (Å²) in [6.45, 7) is 0. The van der Waals surface area contributed by atoms with E-state index < -0.39 is 0 Å². The van der Waals surface area contributed by atoms with Crippen LogP contribution in [0.5, 0.6) is 0 Å². The molecule has 5 heteroatoms. The Balaban J connectivity index is 2.15. The van der Waals surface area contributed by atoms with Crippen LogP contribution in [0.3, 0.4) is 0 Å². The lowest BCUT2D eigenvalue weighted by Crippen LogP contribution is -2.14. The molecular formula is C11H10BrN3O. The van der Waals surface area contributed by atoms with Gasteiger partial charge in [0.05, 0.1) is 11.4 Å². The second-order valence-corrected chi connectivity index (χ2v) is 4.75. The Morgan fingerprint density at radius 1 is 1.38 bits per heavy atom. The van der Waals surface area contributed by atoms with Gasteiger partial charge in [0.15, 0.2) is 0 Å². The lowest BCUT2D eigenvalue weighted by molar-refractivity contribution is 0.814. The van der Waals surface area contributed by atoms with E-state index in [1.165, 1.54) is 0 Å². The Hall–Kier alpha value is -1.36. The maximum atomic E-state index is 12.0. The Bertz CT molecular complexity index is 569. The van der Waals surface area contributed by atoms with Gasteiger partial charge in [0.1, 0.15) is 4.47 Å². The number of hydrogen-bond donors (Lipinski definition) is 1. The lowest BCUT2D eigenvalue weighted by atomic mass is 10.3. The molecule has 2 heterocycles. The van der Waals surface area contributed by atoms with Crippen molar-refractivity contribution in [1.29, 1.82) is 0 Å². The summed E-state index contributed by atoms with van der Waals surface area (Å²) in [5.74, 6) is 0.519. The van der Waals surface area contributed by atoms with E-state index in [4.69, 9.17) is 0 Å². The van der Waals surface area contributed by atoms with Gasteiger partial charge in [-0.2, -0.15) is 0 Å². The number of nitrogens with one attached hydrogen (secondary N) is 1. The number of nitrogens with zero attached hydrogens (tertiary/aromatic N) is 2. The largest absolute Gasteiger partial charge is 0.294 e. The fraction of sp³-hybridized carbons (Fsp3) is 0.273. The molecule has 1 N–H and O–H groups in total. The van der Waals surface area contributed by atoms with Gasteiger partial charge in [0.25, 0.3) is 5.56 Å². The predicted molar refractivity (Wildman–Crippen MR) is 63.9 cm³/mol. The van der Waals surface area contributed by atoms with Crippen LogP contribution in [0, 0.1) is 0 Å². The van der Waals surface area contributed by atoms with Crippen LogP contribution in [0.25, 0.3) is 5.69 Å². The van der Waals surface area contributed by atoms with Crippen molar-refractivity contribution < 1.29 is 0 Å². The van der Waals surface area contributed by atoms with Gasteiger partial charge in [-0.1, -0.05) is 0 Å². The molecule has 1 fully saturated rings. The van der Waals surface area contributed by atoms with Crippen LogP contribution in [0.4, 0.5) is 0 Å². The zero-order chi connectivity index (χ0) is 11.1. The third kappa shape index (κ3) is 1.51. The van der Waals surface area contributed by atoms with Gasteiger partial charge in [0.2, 0.25) is 0 Å². The molecule has 4 nitrogen and oxygen atoms in total. The molecule has 0 saturated heterocycles.